The normalized spacial score (nSPS) is 10.6. The van der Waals surface area contributed by atoms with Crippen molar-refractivity contribution < 1.29 is 9.53 Å². The molecule has 24 heavy (non-hydrogen) atoms. The summed E-state index contributed by atoms with van der Waals surface area (Å²) in [6.07, 6.45) is 0.233. The zero-order valence-electron chi connectivity index (χ0n) is 13.3. The predicted octanol–water partition coefficient (Wildman–Crippen LogP) is 4.37. The molecule has 0 unspecified atom stereocenters. The van der Waals surface area contributed by atoms with Gasteiger partial charge in [0.15, 0.2) is 0 Å². The fourth-order valence-electron chi connectivity index (χ4n) is 2.87. The van der Waals surface area contributed by atoms with Crippen LogP contribution in [-0.2, 0) is 6.42 Å². The number of nitriles is 1. The molecular formula is C19H15ClN2O2. The first-order chi connectivity index (χ1) is 11.6. The van der Waals surface area contributed by atoms with Crippen LogP contribution in [-0.4, -0.2) is 17.6 Å². The Kier molecular flexibility index (Phi) is 4.28. The molecule has 0 bridgehead atoms. The van der Waals surface area contributed by atoms with Gasteiger partial charge in [-0.3, -0.25) is 9.36 Å². The molecule has 3 rings (SSSR count). The van der Waals surface area contributed by atoms with Crippen molar-refractivity contribution in [3.05, 3.63) is 64.3 Å². The summed E-state index contributed by atoms with van der Waals surface area (Å²) in [6.45, 7) is 1.85. The second-order valence-corrected chi connectivity index (χ2v) is 5.87. The van der Waals surface area contributed by atoms with Crippen molar-refractivity contribution in [2.75, 3.05) is 7.11 Å². The van der Waals surface area contributed by atoms with Crippen LogP contribution in [0.1, 0.15) is 21.6 Å². The number of fused-ring (bicyclic) bond motifs is 1. The van der Waals surface area contributed by atoms with Crippen LogP contribution >= 0.6 is 11.6 Å². The van der Waals surface area contributed by atoms with E-state index in [2.05, 4.69) is 6.07 Å². The minimum atomic E-state index is -0.150. The lowest BCUT2D eigenvalue weighted by molar-refractivity contribution is 0.0963. The Morgan fingerprint density at radius 1 is 1.25 bits per heavy atom. The number of hydrogen-bond acceptors (Lipinski definition) is 3. The van der Waals surface area contributed by atoms with Gasteiger partial charge in [0.25, 0.3) is 5.91 Å². The second-order valence-electron chi connectivity index (χ2n) is 5.43. The van der Waals surface area contributed by atoms with Crippen molar-refractivity contribution >= 4 is 28.4 Å². The van der Waals surface area contributed by atoms with Gasteiger partial charge in [-0.15, -0.1) is 0 Å². The summed E-state index contributed by atoms with van der Waals surface area (Å²) in [4.78, 5) is 13.0. The lowest BCUT2D eigenvalue weighted by Crippen LogP contribution is -2.13. The second kappa shape index (κ2) is 6.38. The van der Waals surface area contributed by atoms with E-state index in [0.717, 1.165) is 22.2 Å². The van der Waals surface area contributed by atoms with Crippen LogP contribution < -0.4 is 4.74 Å². The van der Waals surface area contributed by atoms with Crippen molar-refractivity contribution in [2.45, 2.75) is 13.3 Å². The highest BCUT2D eigenvalue weighted by Gasteiger charge is 2.20. The monoisotopic (exact) mass is 338 g/mol. The molecule has 0 saturated carbocycles. The summed E-state index contributed by atoms with van der Waals surface area (Å²) >= 11 is 5.90. The Labute approximate surface area is 144 Å². The van der Waals surface area contributed by atoms with E-state index in [-0.39, 0.29) is 12.3 Å². The lowest BCUT2D eigenvalue weighted by atomic mass is 10.1. The largest absolute Gasteiger partial charge is 0.497 e. The quantitative estimate of drug-likeness (QED) is 0.712. The van der Waals surface area contributed by atoms with Crippen LogP contribution in [0.15, 0.2) is 42.5 Å². The minimum absolute atomic E-state index is 0.150. The molecule has 1 aromatic heterocycles. The molecule has 0 fully saturated rings. The third kappa shape index (κ3) is 2.64. The van der Waals surface area contributed by atoms with Gasteiger partial charge in [0.2, 0.25) is 0 Å². The molecule has 0 aliphatic heterocycles. The Morgan fingerprint density at radius 3 is 2.58 bits per heavy atom. The zero-order valence-corrected chi connectivity index (χ0v) is 14.1. The van der Waals surface area contributed by atoms with Crippen LogP contribution in [0.25, 0.3) is 10.9 Å². The number of nitrogens with zero attached hydrogens (tertiary/aromatic N) is 2. The van der Waals surface area contributed by atoms with E-state index >= 15 is 0 Å². The topological polar surface area (TPSA) is 55.0 Å². The number of aromatic nitrogens is 1. The highest BCUT2D eigenvalue weighted by Crippen LogP contribution is 2.30. The van der Waals surface area contributed by atoms with Crippen molar-refractivity contribution in [3.8, 4) is 11.8 Å². The average molecular weight is 339 g/mol. The summed E-state index contributed by atoms with van der Waals surface area (Å²) in [5.41, 5.74) is 2.91. The number of carbonyl (C=O) groups is 1. The lowest BCUT2D eigenvalue weighted by Gasteiger charge is -2.08. The predicted molar refractivity (Wildman–Crippen MR) is 93.7 cm³/mol. The molecule has 0 N–H and O–H groups in total. The smallest absolute Gasteiger partial charge is 0.262 e. The fourth-order valence-corrected chi connectivity index (χ4v) is 3.00. The summed E-state index contributed by atoms with van der Waals surface area (Å²) in [5, 5.41) is 10.6. The molecule has 4 nitrogen and oxygen atoms in total. The Hall–Kier alpha value is -2.77. The SMILES string of the molecule is COc1ccc2c(c1)c(CC#N)c(C)n2C(=O)c1ccc(Cl)cc1. The number of ether oxygens (including phenoxy) is 1. The third-order valence-electron chi connectivity index (χ3n) is 4.09. The van der Waals surface area contributed by atoms with E-state index in [1.807, 2.05) is 25.1 Å². The molecule has 0 aliphatic rings. The molecule has 3 aromatic rings. The molecule has 0 radical (unpaired) electrons. The third-order valence-corrected chi connectivity index (χ3v) is 4.34. The van der Waals surface area contributed by atoms with Gasteiger partial charge in [0, 0.05) is 21.7 Å². The van der Waals surface area contributed by atoms with E-state index in [1.165, 1.54) is 0 Å². The first-order valence-electron chi connectivity index (χ1n) is 7.42. The Morgan fingerprint density at radius 2 is 1.96 bits per heavy atom. The minimum Gasteiger partial charge on any atom is -0.497 e. The van der Waals surface area contributed by atoms with Crippen molar-refractivity contribution in [1.82, 2.24) is 4.57 Å². The average Bonchev–Trinajstić information content (AvgIpc) is 2.86. The molecule has 0 atom stereocenters. The van der Waals surface area contributed by atoms with Gasteiger partial charge in [-0.2, -0.15) is 5.26 Å². The molecule has 0 aliphatic carbocycles. The number of hydrogen-bond donors (Lipinski definition) is 0. The number of benzene rings is 2. The van der Waals surface area contributed by atoms with Gasteiger partial charge in [0.05, 0.1) is 25.1 Å². The maximum atomic E-state index is 13.0. The maximum Gasteiger partial charge on any atom is 0.262 e. The number of methoxy groups -OCH3 is 1. The Bertz CT molecular complexity index is 966. The number of carbonyl (C=O) groups excluding carboxylic acids is 1. The summed E-state index contributed by atoms with van der Waals surface area (Å²) in [7, 11) is 1.59. The van der Waals surface area contributed by atoms with E-state index < -0.39 is 0 Å². The molecule has 1 heterocycles. The van der Waals surface area contributed by atoms with Gasteiger partial charge in [0.1, 0.15) is 5.75 Å². The van der Waals surface area contributed by atoms with E-state index in [9.17, 15) is 4.79 Å². The molecular weight excluding hydrogens is 324 g/mol. The summed E-state index contributed by atoms with van der Waals surface area (Å²) < 4.78 is 6.91. The van der Waals surface area contributed by atoms with Gasteiger partial charge in [-0.05, 0) is 55.0 Å². The van der Waals surface area contributed by atoms with Gasteiger partial charge < -0.3 is 4.74 Å². The van der Waals surface area contributed by atoms with Crippen LogP contribution in [0.2, 0.25) is 5.02 Å². The molecule has 120 valence electrons. The van der Waals surface area contributed by atoms with Gasteiger partial charge >= 0.3 is 0 Å². The first kappa shape index (κ1) is 16.1. The van der Waals surface area contributed by atoms with Crippen LogP contribution in [0, 0.1) is 18.3 Å². The highest BCUT2D eigenvalue weighted by molar-refractivity contribution is 6.30. The van der Waals surface area contributed by atoms with E-state index in [1.54, 1.807) is 35.9 Å². The molecule has 5 heteroatoms. The first-order valence-corrected chi connectivity index (χ1v) is 7.79. The van der Waals surface area contributed by atoms with Crippen molar-refractivity contribution in [2.24, 2.45) is 0 Å². The number of halogens is 1. The summed E-state index contributed by atoms with van der Waals surface area (Å²) in [5.74, 6) is 0.543. The molecule has 0 saturated heterocycles. The van der Waals surface area contributed by atoms with Crippen LogP contribution in [0.5, 0.6) is 5.75 Å². The van der Waals surface area contributed by atoms with Gasteiger partial charge in [-0.1, -0.05) is 11.6 Å². The van der Waals surface area contributed by atoms with E-state index in [4.69, 9.17) is 21.6 Å². The highest BCUT2D eigenvalue weighted by atomic mass is 35.5. The Balaban J connectivity index is 2.24. The standard InChI is InChI=1S/C19H15ClN2O2/c1-12-16(9-10-21)17-11-15(24-2)7-8-18(17)22(12)19(23)13-3-5-14(20)6-4-13/h3-8,11H,9H2,1-2H3. The van der Waals surface area contributed by atoms with Crippen molar-refractivity contribution in [1.29, 1.82) is 5.26 Å². The maximum absolute atomic E-state index is 13.0. The molecule has 0 spiro atoms. The van der Waals surface area contributed by atoms with Gasteiger partial charge in [-0.25, -0.2) is 0 Å². The number of rotatable bonds is 3. The van der Waals surface area contributed by atoms with Crippen molar-refractivity contribution in [3.63, 3.8) is 0 Å². The van der Waals surface area contributed by atoms with Crippen LogP contribution in [0.3, 0.4) is 0 Å². The zero-order chi connectivity index (χ0) is 17.3. The summed E-state index contributed by atoms with van der Waals surface area (Å²) in [6, 6.07) is 14.5. The molecule has 2 aromatic carbocycles. The van der Waals surface area contributed by atoms with Crippen LogP contribution in [0.4, 0.5) is 0 Å². The fraction of sp³-hybridized carbons (Fsp3) is 0.158. The van der Waals surface area contributed by atoms with E-state index in [0.29, 0.717) is 16.3 Å². The molecule has 0 amide bonds.